The molecule has 0 fully saturated rings. The average Bonchev–Trinajstić information content (AvgIpc) is 2.81. The molecule has 1 heterocycles. The fraction of sp³-hybridized carbons (Fsp3) is 0.231. The molecular formula is C26H21Cl2FO5. The van der Waals surface area contributed by atoms with Crippen molar-refractivity contribution in [1.82, 2.24) is 0 Å². The van der Waals surface area contributed by atoms with E-state index in [1.54, 1.807) is 48.5 Å². The standard InChI is InChI=1S/C26H21Cl2FO5/c27-20-4-2-5-22(29)18(20)3-1-6-23(30)15-7-9-16(10-8-15)34-25-14-24-19(13-21(25)28)17(26(31)32)11-12-33-24/h2,4-5,7-10,13-14,17H,1,3,6,11-12H2,(H,31,32). The van der Waals surface area contributed by atoms with Gasteiger partial charge in [0.05, 0.1) is 17.5 Å². The molecule has 4 rings (SSSR count). The monoisotopic (exact) mass is 502 g/mol. The molecular weight excluding hydrogens is 482 g/mol. The van der Waals surface area contributed by atoms with Crippen molar-refractivity contribution in [3.63, 3.8) is 0 Å². The summed E-state index contributed by atoms with van der Waals surface area (Å²) in [6.07, 6.45) is 1.48. The molecule has 5 nitrogen and oxygen atoms in total. The van der Waals surface area contributed by atoms with Gasteiger partial charge in [0.15, 0.2) is 5.78 Å². The minimum atomic E-state index is -0.924. The molecule has 1 N–H and O–H groups in total. The maximum atomic E-state index is 13.9. The summed E-state index contributed by atoms with van der Waals surface area (Å²) in [5, 5.41) is 10.0. The van der Waals surface area contributed by atoms with E-state index in [4.69, 9.17) is 32.7 Å². The lowest BCUT2D eigenvalue weighted by Crippen LogP contribution is -2.20. The third kappa shape index (κ3) is 5.34. The molecule has 34 heavy (non-hydrogen) atoms. The number of aliphatic carboxylic acids is 1. The predicted octanol–water partition coefficient (Wildman–Crippen LogP) is 7.08. The first-order valence-corrected chi connectivity index (χ1v) is 11.5. The summed E-state index contributed by atoms with van der Waals surface area (Å²) >= 11 is 12.4. The summed E-state index contributed by atoms with van der Waals surface area (Å²) in [5.74, 6) is -0.819. The Kier molecular flexibility index (Phi) is 7.39. The van der Waals surface area contributed by atoms with E-state index >= 15 is 0 Å². The van der Waals surface area contributed by atoms with Gasteiger partial charge in [-0.15, -0.1) is 0 Å². The molecule has 0 spiro atoms. The zero-order valence-electron chi connectivity index (χ0n) is 18.0. The van der Waals surface area contributed by atoms with Crippen LogP contribution in [-0.2, 0) is 11.2 Å². The Bertz CT molecular complexity index is 1210. The molecule has 0 aliphatic carbocycles. The third-order valence-electron chi connectivity index (χ3n) is 5.70. The number of halogens is 3. The lowest BCUT2D eigenvalue weighted by molar-refractivity contribution is -0.139. The minimum Gasteiger partial charge on any atom is -0.493 e. The van der Waals surface area contributed by atoms with Crippen LogP contribution < -0.4 is 9.47 Å². The summed E-state index contributed by atoms with van der Waals surface area (Å²) in [7, 11) is 0. The second-order valence-electron chi connectivity index (χ2n) is 7.95. The van der Waals surface area contributed by atoms with Crippen LogP contribution in [-0.4, -0.2) is 23.5 Å². The highest BCUT2D eigenvalue weighted by Gasteiger charge is 2.29. The number of ketones is 1. The zero-order chi connectivity index (χ0) is 24.2. The molecule has 1 atom stereocenters. The number of Topliss-reactive ketones (excluding diaryl/α,β-unsaturated/α-hetero) is 1. The molecule has 0 radical (unpaired) electrons. The summed E-state index contributed by atoms with van der Waals surface area (Å²) in [6.45, 7) is 0.297. The second-order valence-corrected chi connectivity index (χ2v) is 8.77. The largest absolute Gasteiger partial charge is 0.493 e. The molecule has 3 aromatic carbocycles. The van der Waals surface area contributed by atoms with Gasteiger partial charge in [-0.3, -0.25) is 9.59 Å². The van der Waals surface area contributed by atoms with Gasteiger partial charge in [0.1, 0.15) is 23.1 Å². The normalized spacial score (nSPS) is 14.7. The molecule has 1 aliphatic rings. The second kappa shape index (κ2) is 10.5. The lowest BCUT2D eigenvalue weighted by atomic mass is 9.93. The van der Waals surface area contributed by atoms with Crippen LogP contribution >= 0.6 is 23.2 Å². The average molecular weight is 503 g/mol. The minimum absolute atomic E-state index is 0.0704. The van der Waals surface area contributed by atoms with E-state index in [1.807, 2.05) is 0 Å². The Morgan fingerprint density at radius 2 is 1.85 bits per heavy atom. The van der Waals surface area contributed by atoms with Gasteiger partial charge >= 0.3 is 5.97 Å². The number of carbonyl (C=O) groups excluding carboxylic acids is 1. The van der Waals surface area contributed by atoms with Crippen molar-refractivity contribution in [1.29, 1.82) is 0 Å². The summed E-state index contributed by atoms with van der Waals surface area (Å²) in [4.78, 5) is 24.0. The van der Waals surface area contributed by atoms with Crippen LogP contribution in [0.1, 0.15) is 46.7 Å². The number of fused-ring (bicyclic) bond motifs is 1. The number of rotatable bonds is 8. The highest BCUT2D eigenvalue weighted by atomic mass is 35.5. The first-order valence-electron chi connectivity index (χ1n) is 10.8. The quantitative estimate of drug-likeness (QED) is 0.333. The van der Waals surface area contributed by atoms with E-state index in [0.29, 0.717) is 64.8 Å². The van der Waals surface area contributed by atoms with Gasteiger partial charge in [-0.1, -0.05) is 29.3 Å². The van der Waals surface area contributed by atoms with Crippen LogP contribution in [0.25, 0.3) is 0 Å². The topological polar surface area (TPSA) is 72.8 Å². The van der Waals surface area contributed by atoms with Crippen LogP contribution in [0.3, 0.4) is 0 Å². The van der Waals surface area contributed by atoms with Crippen LogP contribution in [0.15, 0.2) is 54.6 Å². The van der Waals surface area contributed by atoms with E-state index in [2.05, 4.69) is 0 Å². The van der Waals surface area contributed by atoms with Crippen LogP contribution in [0.5, 0.6) is 17.2 Å². The Morgan fingerprint density at radius 1 is 1.09 bits per heavy atom. The maximum absolute atomic E-state index is 13.9. The summed E-state index contributed by atoms with van der Waals surface area (Å²) in [5.41, 5.74) is 1.45. The molecule has 0 saturated carbocycles. The first kappa shape index (κ1) is 24.0. The van der Waals surface area contributed by atoms with Gasteiger partial charge in [0.25, 0.3) is 0 Å². The molecule has 8 heteroatoms. The summed E-state index contributed by atoms with van der Waals surface area (Å²) in [6, 6.07) is 14.3. The molecule has 0 amide bonds. The number of hydrogen-bond acceptors (Lipinski definition) is 4. The van der Waals surface area contributed by atoms with E-state index < -0.39 is 11.9 Å². The molecule has 176 valence electrons. The fourth-order valence-corrected chi connectivity index (χ4v) is 4.37. The van der Waals surface area contributed by atoms with Gasteiger partial charge in [0, 0.05) is 34.2 Å². The Morgan fingerprint density at radius 3 is 2.56 bits per heavy atom. The van der Waals surface area contributed by atoms with Gasteiger partial charge in [-0.2, -0.15) is 0 Å². The van der Waals surface area contributed by atoms with Gasteiger partial charge in [-0.05, 0) is 61.7 Å². The summed E-state index contributed by atoms with van der Waals surface area (Å²) < 4.78 is 25.3. The molecule has 0 saturated heterocycles. The smallest absolute Gasteiger partial charge is 0.311 e. The molecule has 1 aliphatic heterocycles. The third-order valence-corrected chi connectivity index (χ3v) is 6.35. The number of carbonyl (C=O) groups is 2. The number of ether oxygens (including phenoxy) is 2. The van der Waals surface area contributed by atoms with E-state index in [1.165, 1.54) is 6.07 Å². The van der Waals surface area contributed by atoms with Crippen molar-refractivity contribution in [2.24, 2.45) is 0 Å². The fourth-order valence-electron chi connectivity index (χ4n) is 3.90. The molecule has 1 unspecified atom stereocenters. The predicted molar refractivity (Wildman–Crippen MR) is 127 cm³/mol. The van der Waals surface area contributed by atoms with Gasteiger partial charge < -0.3 is 14.6 Å². The van der Waals surface area contributed by atoms with Crippen LogP contribution in [0, 0.1) is 5.82 Å². The number of benzene rings is 3. The lowest BCUT2D eigenvalue weighted by Gasteiger charge is -2.24. The van der Waals surface area contributed by atoms with Crippen molar-refractivity contribution in [2.75, 3.05) is 6.61 Å². The molecule has 0 aromatic heterocycles. The Labute approximate surface area is 206 Å². The maximum Gasteiger partial charge on any atom is 0.311 e. The van der Waals surface area contributed by atoms with Crippen molar-refractivity contribution in [3.8, 4) is 17.2 Å². The van der Waals surface area contributed by atoms with Crippen molar-refractivity contribution in [2.45, 2.75) is 31.6 Å². The van der Waals surface area contributed by atoms with Crippen LogP contribution in [0.4, 0.5) is 4.39 Å². The molecule has 0 bridgehead atoms. The Hall–Kier alpha value is -3.09. The molecule has 3 aromatic rings. The van der Waals surface area contributed by atoms with Crippen molar-refractivity contribution < 1.29 is 28.6 Å². The first-order chi connectivity index (χ1) is 16.3. The zero-order valence-corrected chi connectivity index (χ0v) is 19.5. The van der Waals surface area contributed by atoms with Crippen LogP contribution in [0.2, 0.25) is 10.0 Å². The van der Waals surface area contributed by atoms with Gasteiger partial charge in [0.2, 0.25) is 0 Å². The SMILES string of the molecule is O=C(CCCc1c(F)cccc1Cl)c1ccc(Oc2cc3c(cc2Cl)C(C(=O)O)CCO3)cc1. The highest BCUT2D eigenvalue weighted by Crippen LogP contribution is 2.41. The van der Waals surface area contributed by atoms with E-state index in [0.717, 1.165) is 0 Å². The van der Waals surface area contributed by atoms with E-state index in [9.17, 15) is 19.1 Å². The van der Waals surface area contributed by atoms with Crippen molar-refractivity contribution >= 4 is 35.0 Å². The number of hydrogen-bond donors (Lipinski definition) is 1. The number of carboxylic acids is 1. The highest BCUT2D eigenvalue weighted by molar-refractivity contribution is 6.32. The van der Waals surface area contributed by atoms with Crippen molar-refractivity contribution in [3.05, 3.63) is 87.2 Å². The number of carboxylic acid groups (broad SMARTS) is 1. The Balaban J connectivity index is 1.39. The van der Waals surface area contributed by atoms with Gasteiger partial charge in [-0.25, -0.2) is 4.39 Å². The van der Waals surface area contributed by atoms with E-state index in [-0.39, 0.29) is 23.0 Å².